The van der Waals surface area contributed by atoms with Gasteiger partial charge >= 0.3 is 0 Å². The van der Waals surface area contributed by atoms with Gasteiger partial charge in [-0.1, -0.05) is 6.92 Å². The third-order valence-electron chi connectivity index (χ3n) is 3.45. The number of carbonyl (C=O) groups excluding carboxylic acids is 1. The maximum Gasteiger partial charge on any atom is 0.253 e. The van der Waals surface area contributed by atoms with E-state index in [1.54, 1.807) is 7.11 Å². The van der Waals surface area contributed by atoms with Gasteiger partial charge in [0.2, 0.25) is 0 Å². The van der Waals surface area contributed by atoms with Gasteiger partial charge in [-0.2, -0.15) is 0 Å². The molecular weight excluding hydrogens is 252 g/mol. The minimum absolute atomic E-state index is 0.0749. The number of benzene rings is 1. The summed E-state index contributed by atoms with van der Waals surface area (Å²) in [6, 6.07) is 7.69. The fourth-order valence-corrected chi connectivity index (χ4v) is 2.01. The number of carbonyl (C=O) groups is 1. The van der Waals surface area contributed by atoms with Crippen LogP contribution in [-0.4, -0.2) is 24.0 Å². The minimum Gasteiger partial charge on any atom is -0.497 e. The number of aryl methyl sites for hydroxylation is 1. The van der Waals surface area contributed by atoms with Crippen LogP contribution in [0.2, 0.25) is 0 Å². The number of nitrogens with one attached hydrogen (secondary N) is 1. The van der Waals surface area contributed by atoms with Crippen molar-refractivity contribution in [2.75, 3.05) is 7.11 Å². The summed E-state index contributed by atoms with van der Waals surface area (Å²) in [4.78, 5) is 16.7. The van der Waals surface area contributed by atoms with Crippen molar-refractivity contribution in [3.63, 3.8) is 0 Å². The molecule has 4 heteroatoms. The summed E-state index contributed by atoms with van der Waals surface area (Å²) >= 11 is 0. The summed E-state index contributed by atoms with van der Waals surface area (Å²) in [6.07, 6.45) is 0.902. The monoisotopic (exact) mass is 272 g/mol. The van der Waals surface area contributed by atoms with Crippen molar-refractivity contribution in [2.24, 2.45) is 0 Å². The number of hydrogen-bond donors (Lipinski definition) is 1. The number of ether oxygens (including phenoxy) is 1. The molecule has 4 nitrogen and oxygen atoms in total. The second kappa shape index (κ2) is 5.90. The van der Waals surface area contributed by atoms with E-state index < -0.39 is 0 Å². The largest absolute Gasteiger partial charge is 0.497 e. The molecule has 0 bridgehead atoms. The Morgan fingerprint density at radius 1 is 1.40 bits per heavy atom. The zero-order valence-corrected chi connectivity index (χ0v) is 12.4. The van der Waals surface area contributed by atoms with Gasteiger partial charge in [-0.15, -0.1) is 0 Å². The molecule has 0 unspecified atom stereocenters. The molecule has 0 spiro atoms. The number of methoxy groups -OCH3 is 1. The lowest BCUT2D eigenvalue weighted by Gasteiger charge is -2.13. The average molecular weight is 272 g/mol. The van der Waals surface area contributed by atoms with Crippen molar-refractivity contribution in [3.05, 3.63) is 35.5 Å². The van der Waals surface area contributed by atoms with E-state index in [1.807, 2.05) is 45.0 Å². The number of rotatable bonds is 4. The highest BCUT2D eigenvalue weighted by molar-refractivity contribution is 5.98. The Morgan fingerprint density at radius 3 is 2.80 bits per heavy atom. The highest BCUT2D eigenvalue weighted by atomic mass is 16.5. The van der Waals surface area contributed by atoms with E-state index in [2.05, 4.69) is 10.3 Å². The van der Waals surface area contributed by atoms with Crippen LogP contribution in [-0.2, 0) is 0 Å². The van der Waals surface area contributed by atoms with Crippen molar-refractivity contribution in [1.82, 2.24) is 10.3 Å². The third kappa shape index (κ3) is 2.90. The molecule has 0 saturated carbocycles. The number of fused-ring (bicyclic) bond motifs is 1. The number of pyridine rings is 1. The normalized spacial score (nSPS) is 12.2. The molecule has 0 aliphatic carbocycles. The summed E-state index contributed by atoms with van der Waals surface area (Å²) in [5.74, 6) is 0.686. The zero-order chi connectivity index (χ0) is 14.7. The molecule has 1 aromatic heterocycles. The second-order valence-corrected chi connectivity index (χ2v) is 4.96. The van der Waals surface area contributed by atoms with Crippen LogP contribution in [0.1, 0.15) is 36.3 Å². The zero-order valence-electron chi connectivity index (χ0n) is 12.4. The van der Waals surface area contributed by atoms with Gasteiger partial charge in [-0.3, -0.25) is 9.78 Å². The molecule has 106 valence electrons. The fraction of sp³-hybridized carbons (Fsp3) is 0.375. The van der Waals surface area contributed by atoms with E-state index in [9.17, 15) is 4.79 Å². The molecule has 0 fully saturated rings. The highest BCUT2D eigenvalue weighted by Crippen LogP contribution is 2.22. The molecule has 1 aromatic carbocycles. The second-order valence-electron chi connectivity index (χ2n) is 4.96. The predicted octanol–water partition coefficient (Wildman–Crippen LogP) is 3.08. The number of nitrogens with zero attached hydrogens (tertiary/aromatic N) is 1. The van der Waals surface area contributed by atoms with E-state index in [-0.39, 0.29) is 11.9 Å². The summed E-state index contributed by atoms with van der Waals surface area (Å²) in [5, 5.41) is 3.88. The molecule has 0 aliphatic heterocycles. The van der Waals surface area contributed by atoms with E-state index >= 15 is 0 Å². The van der Waals surface area contributed by atoms with Crippen LogP contribution in [0.15, 0.2) is 24.3 Å². The fourth-order valence-electron chi connectivity index (χ4n) is 2.01. The first-order valence-corrected chi connectivity index (χ1v) is 6.81. The van der Waals surface area contributed by atoms with Gasteiger partial charge in [0.05, 0.1) is 23.9 Å². The summed E-state index contributed by atoms with van der Waals surface area (Å²) in [7, 11) is 1.62. The summed E-state index contributed by atoms with van der Waals surface area (Å²) in [6.45, 7) is 5.89. The van der Waals surface area contributed by atoms with Crippen LogP contribution < -0.4 is 10.1 Å². The van der Waals surface area contributed by atoms with Gasteiger partial charge in [0.25, 0.3) is 5.91 Å². The van der Waals surface area contributed by atoms with Gasteiger partial charge in [0, 0.05) is 11.4 Å². The Hall–Kier alpha value is -2.10. The quantitative estimate of drug-likeness (QED) is 0.930. The first-order valence-electron chi connectivity index (χ1n) is 6.81. The molecule has 1 atom stereocenters. The topological polar surface area (TPSA) is 51.2 Å². The highest BCUT2D eigenvalue weighted by Gasteiger charge is 2.13. The lowest BCUT2D eigenvalue weighted by molar-refractivity contribution is 0.0938. The molecule has 0 saturated heterocycles. The molecule has 2 rings (SSSR count). The van der Waals surface area contributed by atoms with Gasteiger partial charge in [-0.25, -0.2) is 0 Å². The van der Waals surface area contributed by atoms with E-state index in [4.69, 9.17) is 4.74 Å². The molecule has 1 heterocycles. The summed E-state index contributed by atoms with van der Waals surface area (Å²) in [5.41, 5.74) is 2.22. The van der Waals surface area contributed by atoms with Crippen LogP contribution in [0, 0.1) is 6.92 Å². The Morgan fingerprint density at radius 2 is 2.15 bits per heavy atom. The first-order chi connectivity index (χ1) is 9.55. The van der Waals surface area contributed by atoms with Crippen molar-refractivity contribution in [3.8, 4) is 5.75 Å². The Kier molecular flexibility index (Phi) is 4.23. The van der Waals surface area contributed by atoms with Gasteiger partial charge in [0.1, 0.15) is 5.75 Å². The van der Waals surface area contributed by atoms with E-state index in [1.165, 1.54) is 0 Å². The van der Waals surface area contributed by atoms with Gasteiger partial charge in [0.15, 0.2) is 0 Å². The SMILES string of the molecule is CC[C@H](C)NC(=O)c1cc2cc(OC)ccc2nc1C. The number of hydrogen-bond acceptors (Lipinski definition) is 3. The molecule has 2 aromatic rings. The van der Waals surface area contributed by atoms with Crippen molar-refractivity contribution >= 4 is 16.8 Å². The molecular formula is C16H20N2O2. The average Bonchev–Trinajstić information content (AvgIpc) is 2.45. The van der Waals surface area contributed by atoms with Crippen LogP contribution in [0.4, 0.5) is 0 Å². The Balaban J connectivity index is 2.42. The lowest BCUT2D eigenvalue weighted by atomic mass is 10.1. The number of aromatic nitrogens is 1. The molecule has 1 N–H and O–H groups in total. The van der Waals surface area contributed by atoms with Crippen molar-refractivity contribution in [2.45, 2.75) is 33.2 Å². The van der Waals surface area contributed by atoms with Gasteiger partial charge in [-0.05, 0) is 44.5 Å². The maximum absolute atomic E-state index is 12.3. The third-order valence-corrected chi connectivity index (χ3v) is 3.45. The minimum atomic E-state index is -0.0749. The molecule has 0 aliphatic rings. The van der Waals surface area contributed by atoms with Crippen LogP contribution >= 0.6 is 0 Å². The first kappa shape index (κ1) is 14.3. The van der Waals surface area contributed by atoms with Crippen molar-refractivity contribution < 1.29 is 9.53 Å². The Bertz CT molecular complexity index is 638. The smallest absolute Gasteiger partial charge is 0.253 e. The molecule has 1 amide bonds. The van der Waals surface area contributed by atoms with Gasteiger partial charge < -0.3 is 10.1 Å². The number of amides is 1. The maximum atomic E-state index is 12.3. The predicted molar refractivity (Wildman–Crippen MR) is 80.3 cm³/mol. The van der Waals surface area contributed by atoms with Crippen LogP contribution in [0.25, 0.3) is 10.9 Å². The van der Waals surface area contributed by atoms with Crippen molar-refractivity contribution in [1.29, 1.82) is 0 Å². The van der Waals surface area contributed by atoms with Crippen LogP contribution in [0.3, 0.4) is 0 Å². The molecule has 20 heavy (non-hydrogen) atoms. The van der Waals surface area contributed by atoms with E-state index in [0.717, 1.165) is 28.8 Å². The summed E-state index contributed by atoms with van der Waals surface area (Å²) < 4.78 is 5.21. The van der Waals surface area contributed by atoms with E-state index in [0.29, 0.717) is 5.56 Å². The lowest BCUT2D eigenvalue weighted by Crippen LogP contribution is -2.32. The van der Waals surface area contributed by atoms with Crippen LogP contribution in [0.5, 0.6) is 5.75 Å². The Labute approximate surface area is 119 Å². The molecule has 0 radical (unpaired) electrons. The standard InChI is InChI=1S/C16H20N2O2/c1-5-10(2)17-16(19)14-9-12-8-13(20-4)6-7-15(12)18-11(14)3/h6-10H,5H2,1-4H3,(H,17,19)/t10-/m0/s1.